The molecule has 0 unspecified atom stereocenters. The molecule has 0 amide bonds. The Morgan fingerprint density at radius 1 is 1.00 bits per heavy atom. The van der Waals surface area contributed by atoms with Crippen LogP contribution in [0.1, 0.15) is 23.1 Å². The molecule has 0 radical (unpaired) electrons. The average Bonchev–Trinajstić information content (AvgIpc) is 2.88. The monoisotopic (exact) mass is 280 g/mol. The lowest BCUT2D eigenvalue weighted by molar-refractivity contribution is 0.943. The predicted molar refractivity (Wildman–Crippen MR) is 86.4 cm³/mol. The van der Waals surface area contributed by atoms with Gasteiger partial charge >= 0.3 is 0 Å². The van der Waals surface area contributed by atoms with Crippen LogP contribution in [0.2, 0.25) is 0 Å². The summed E-state index contributed by atoms with van der Waals surface area (Å²) in [5.74, 6) is 0. The zero-order valence-electron chi connectivity index (χ0n) is 11.5. The van der Waals surface area contributed by atoms with Gasteiger partial charge in [-0.3, -0.25) is 4.98 Å². The third-order valence-corrected chi connectivity index (χ3v) is 4.68. The van der Waals surface area contributed by atoms with Crippen molar-refractivity contribution in [2.75, 3.05) is 11.4 Å². The van der Waals surface area contributed by atoms with Gasteiger partial charge in [0.2, 0.25) is 0 Å². The number of rotatable bonds is 1. The molecule has 2 nitrogen and oxygen atoms in total. The standard InChI is InChI=1S/C17H16N2S/c1-11-6-15(10-18-9-11)14-7-12-2-3-16(20)19-5-4-13(8-14)17(12)19/h6-10H,2-5H2,1H3. The SMILES string of the molecule is Cc1cncc(-c2cc3c4c(c2)CCN4C(=S)CC3)c1. The van der Waals surface area contributed by atoms with E-state index in [0.29, 0.717) is 0 Å². The summed E-state index contributed by atoms with van der Waals surface area (Å²) in [6, 6.07) is 6.86. The molecular weight excluding hydrogens is 264 g/mol. The van der Waals surface area contributed by atoms with E-state index >= 15 is 0 Å². The highest BCUT2D eigenvalue weighted by Gasteiger charge is 2.29. The quantitative estimate of drug-likeness (QED) is 0.741. The molecule has 2 aliphatic heterocycles. The molecule has 0 saturated carbocycles. The number of pyridine rings is 1. The summed E-state index contributed by atoms with van der Waals surface area (Å²) < 4.78 is 0. The summed E-state index contributed by atoms with van der Waals surface area (Å²) in [5.41, 5.74) is 8.01. The van der Waals surface area contributed by atoms with E-state index in [-0.39, 0.29) is 0 Å². The van der Waals surface area contributed by atoms with E-state index in [1.54, 1.807) is 0 Å². The van der Waals surface area contributed by atoms with Gasteiger partial charge in [-0.05, 0) is 60.2 Å². The van der Waals surface area contributed by atoms with Gasteiger partial charge in [0.25, 0.3) is 0 Å². The van der Waals surface area contributed by atoms with Crippen molar-refractivity contribution in [3.63, 3.8) is 0 Å². The number of benzene rings is 1. The molecule has 0 bridgehead atoms. The molecule has 0 atom stereocenters. The summed E-state index contributed by atoms with van der Waals surface area (Å²) >= 11 is 5.50. The normalized spacial score (nSPS) is 16.4. The molecule has 100 valence electrons. The zero-order valence-corrected chi connectivity index (χ0v) is 12.3. The second-order valence-corrected chi connectivity index (χ2v) is 6.16. The number of anilines is 1. The van der Waals surface area contributed by atoms with Crippen molar-refractivity contribution >= 4 is 22.9 Å². The molecule has 0 aliphatic carbocycles. The first kappa shape index (κ1) is 12.0. The Kier molecular flexibility index (Phi) is 2.64. The second-order valence-electron chi connectivity index (χ2n) is 5.69. The third-order valence-electron chi connectivity index (χ3n) is 4.26. The average molecular weight is 280 g/mol. The van der Waals surface area contributed by atoms with Crippen LogP contribution in [0.3, 0.4) is 0 Å². The number of hydrogen-bond acceptors (Lipinski definition) is 2. The van der Waals surface area contributed by atoms with Crippen LogP contribution in [-0.2, 0) is 12.8 Å². The Morgan fingerprint density at radius 3 is 2.60 bits per heavy atom. The van der Waals surface area contributed by atoms with Crippen LogP contribution in [0, 0.1) is 6.92 Å². The van der Waals surface area contributed by atoms with Crippen molar-refractivity contribution in [1.29, 1.82) is 0 Å². The molecule has 0 fully saturated rings. The first-order valence-electron chi connectivity index (χ1n) is 7.10. The number of nitrogens with zero attached hydrogens (tertiary/aromatic N) is 2. The Labute approximate surface area is 124 Å². The highest BCUT2D eigenvalue weighted by molar-refractivity contribution is 7.80. The van der Waals surface area contributed by atoms with Gasteiger partial charge in [0, 0.05) is 36.6 Å². The smallest absolute Gasteiger partial charge is 0.0827 e. The molecular formula is C17H16N2S. The maximum absolute atomic E-state index is 5.50. The summed E-state index contributed by atoms with van der Waals surface area (Å²) in [7, 11) is 0. The van der Waals surface area contributed by atoms with E-state index in [9.17, 15) is 0 Å². The van der Waals surface area contributed by atoms with Crippen molar-refractivity contribution in [3.8, 4) is 11.1 Å². The zero-order chi connectivity index (χ0) is 13.7. The maximum Gasteiger partial charge on any atom is 0.0827 e. The summed E-state index contributed by atoms with van der Waals surface area (Å²) in [5, 5.41) is 0. The molecule has 20 heavy (non-hydrogen) atoms. The van der Waals surface area contributed by atoms with E-state index in [1.807, 2.05) is 12.4 Å². The lowest BCUT2D eigenvalue weighted by Crippen LogP contribution is -2.31. The van der Waals surface area contributed by atoms with Crippen LogP contribution >= 0.6 is 12.2 Å². The largest absolute Gasteiger partial charge is 0.335 e. The van der Waals surface area contributed by atoms with Gasteiger partial charge in [-0.25, -0.2) is 0 Å². The lowest BCUT2D eigenvalue weighted by atomic mass is 9.94. The fourth-order valence-corrected chi connectivity index (χ4v) is 3.62. The van der Waals surface area contributed by atoms with Gasteiger partial charge in [0.15, 0.2) is 0 Å². The van der Waals surface area contributed by atoms with E-state index in [1.165, 1.54) is 33.5 Å². The molecule has 1 aromatic carbocycles. The van der Waals surface area contributed by atoms with Crippen molar-refractivity contribution in [3.05, 3.63) is 47.3 Å². The van der Waals surface area contributed by atoms with Crippen molar-refractivity contribution in [2.45, 2.75) is 26.2 Å². The van der Waals surface area contributed by atoms with Gasteiger partial charge in [0.05, 0.1) is 4.99 Å². The molecule has 2 aliphatic rings. The molecule has 3 heteroatoms. The van der Waals surface area contributed by atoms with E-state index in [0.717, 1.165) is 30.8 Å². The van der Waals surface area contributed by atoms with E-state index in [4.69, 9.17) is 12.2 Å². The second kappa shape index (κ2) is 4.38. The van der Waals surface area contributed by atoms with E-state index in [2.05, 4.69) is 35.0 Å². The molecule has 3 heterocycles. The summed E-state index contributed by atoms with van der Waals surface area (Å²) in [6.07, 6.45) is 7.06. The first-order chi connectivity index (χ1) is 9.72. The van der Waals surface area contributed by atoms with Gasteiger partial charge in [-0.1, -0.05) is 12.2 Å². The molecule has 0 spiro atoms. The Hall–Kier alpha value is -1.74. The number of aromatic nitrogens is 1. The minimum Gasteiger partial charge on any atom is -0.335 e. The van der Waals surface area contributed by atoms with Crippen LogP contribution in [-0.4, -0.2) is 16.5 Å². The maximum atomic E-state index is 5.50. The predicted octanol–water partition coefficient (Wildman–Crippen LogP) is 3.69. The number of thiocarbonyl (C=S) groups is 1. The molecule has 0 N–H and O–H groups in total. The Bertz CT molecular complexity index is 721. The van der Waals surface area contributed by atoms with Crippen molar-refractivity contribution < 1.29 is 0 Å². The number of hydrogen-bond donors (Lipinski definition) is 0. The molecule has 4 rings (SSSR count). The highest BCUT2D eigenvalue weighted by atomic mass is 32.1. The van der Waals surface area contributed by atoms with Gasteiger partial charge in [0.1, 0.15) is 0 Å². The van der Waals surface area contributed by atoms with Crippen molar-refractivity contribution in [2.24, 2.45) is 0 Å². The van der Waals surface area contributed by atoms with E-state index < -0.39 is 0 Å². The van der Waals surface area contributed by atoms with Gasteiger partial charge < -0.3 is 4.90 Å². The summed E-state index contributed by atoms with van der Waals surface area (Å²) in [4.78, 5) is 7.77. The highest BCUT2D eigenvalue weighted by Crippen LogP contribution is 2.40. The lowest BCUT2D eigenvalue weighted by Gasteiger charge is -2.28. The van der Waals surface area contributed by atoms with Crippen LogP contribution in [0.15, 0.2) is 30.6 Å². The van der Waals surface area contributed by atoms with Crippen molar-refractivity contribution in [1.82, 2.24) is 4.98 Å². The topological polar surface area (TPSA) is 16.1 Å². The van der Waals surface area contributed by atoms with Crippen LogP contribution in [0.5, 0.6) is 0 Å². The van der Waals surface area contributed by atoms with Crippen LogP contribution < -0.4 is 4.90 Å². The first-order valence-corrected chi connectivity index (χ1v) is 7.51. The molecule has 2 aromatic rings. The molecule has 1 aromatic heterocycles. The minimum atomic E-state index is 1.01. The minimum absolute atomic E-state index is 1.01. The number of aryl methyl sites for hydroxylation is 2. The van der Waals surface area contributed by atoms with Gasteiger partial charge in [-0.2, -0.15) is 0 Å². The fraction of sp³-hybridized carbons (Fsp3) is 0.294. The van der Waals surface area contributed by atoms with Crippen LogP contribution in [0.25, 0.3) is 11.1 Å². The van der Waals surface area contributed by atoms with Gasteiger partial charge in [-0.15, -0.1) is 0 Å². The summed E-state index contributed by atoms with van der Waals surface area (Å²) in [6.45, 7) is 3.14. The Balaban J connectivity index is 1.87. The fourth-order valence-electron chi connectivity index (χ4n) is 3.34. The Morgan fingerprint density at radius 2 is 1.80 bits per heavy atom. The third kappa shape index (κ3) is 1.77. The molecule has 0 saturated heterocycles. The van der Waals surface area contributed by atoms with Crippen LogP contribution in [0.4, 0.5) is 5.69 Å².